The van der Waals surface area contributed by atoms with Gasteiger partial charge in [0.15, 0.2) is 17.4 Å². The first-order chi connectivity index (χ1) is 13.6. The third-order valence-electron chi connectivity index (χ3n) is 5.78. The molecular formula is C19H21N5O4. The summed E-state index contributed by atoms with van der Waals surface area (Å²) in [6.45, 7) is -0.403. The summed E-state index contributed by atoms with van der Waals surface area (Å²) in [7, 11) is 0. The number of nitrogens with zero attached hydrogens (tertiary/aromatic N) is 4. The van der Waals surface area contributed by atoms with Crippen LogP contribution in [0.15, 0.2) is 36.9 Å². The number of rotatable bonds is 3. The lowest BCUT2D eigenvalue weighted by molar-refractivity contribution is -0.0511. The topological polar surface area (TPSA) is 129 Å². The van der Waals surface area contributed by atoms with E-state index in [2.05, 4.69) is 22.1 Å². The van der Waals surface area contributed by atoms with E-state index >= 15 is 0 Å². The number of aryl methyl sites for hydroxylation is 1. The Labute approximate surface area is 160 Å². The number of hydrogen-bond donors (Lipinski definition) is 4. The van der Waals surface area contributed by atoms with E-state index in [0.717, 1.165) is 12.8 Å². The van der Waals surface area contributed by atoms with Crippen LogP contribution >= 0.6 is 0 Å². The maximum absolute atomic E-state index is 10.3. The lowest BCUT2D eigenvalue weighted by atomic mass is 10.1. The van der Waals surface area contributed by atoms with Crippen molar-refractivity contribution in [2.45, 2.75) is 43.4 Å². The normalized spacial score (nSPS) is 29.5. The second-order valence-electron chi connectivity index (χ2n) is 7.31. The van der Waals surface area contributed by atoms with Gasteiger partial charge in [0, 0.05) is 0 Å². The number of nitrogens with one attached hydrogen (secondary N) is 1. The zero-order valence-corrected chi connectivity index (χ0v) is 15.0. The number of hydrogen-bond acceptors (Lipinski definition) is 7. The molecule has 2 aromatic heterocycles. The Kier molecular flexibility index (Phi) is 4.06. The Balaban J connectivity index is 1.56. The fraction of sp³-hybridized carbons (Fsp3) is 0.421. The van der Waals surface area contributed by atoms with Gasteiger partial charge in [-0.2, -0.15) is 0 Å². The number of aliphatic hydroxyl groups excluding tert-OH is 3. The third-order valence-corrected chi connectivity index (χ3v) is 5.78. The fourth-order valence-electron chi connectivity index (χ4n) is 4.30. The lowest BCUT2D eigenvalue weighted by Gasteiger charge is -2.18. The van der Waals surface area contributed by atoms with Crippen molar-refractivity contribution in [3.8, 4) is 0 Å². The van der Waals surface area contributed by atoms with Gasteiger partial charge in [-0.25, -0.2) is 9.97 Å². The molecule has 9 nitrogen and oxygen atoms in total. The Hall–Kier alpha value is -2.59. The maximum Gasteiger partial charge on any atom is 0.167 e. The molecular weight excluding hydrogens is 362 g/mol. The van der Waals surface area contributed by atoms with Crippen LogP contribution in [0.3, 0.4) is 0 Å². The van der Waals surface area contributed by atoms with Gasteiger partial charge >= 0.3 is 0 Å². The SMILES string of the molecule is N=c1c2ncn([C@@H]3O[C@H](CO)[C@@H](O)[C@H]3O)c2ncn1C1CCc2ccccc21. The molecule has 5 rings (SSSR count). The van der Waals surface area contributed by atoms with Crippen LogP contribution < -0.4 is 5.49 Å². The van der Waals surface area contributed by atoms with E-state index in [1.165, 1.54) is 22.0 Å². The standard InChI is InChI=1S/C19H21N5O4/c20-17-14-18(24(8-21-14)19-16(27)15(26)13(7-25)28-19)22-9-23(17)12-6-5-10-3-1-2-4-11(10)12/h1-4,8-9,12-13,15-16,19-20,25-27H,5-7H2/t12?,13-,15-,16-,19-/m1/s1. The molecule has 146 valence electrons. The van der Waals surface area contributed by atoms with Crippen molar-refractivity contribution in [3.63, 3.8) is 0 Å². The van der Waals surface area contributed by atoms with Crippen molar-refractivity contribution in [3.05, 3.63) is 53.5 Å². The van der Waals surface area contributed by atoms with Crippen LogP contribution in [0.4, 0.5) is 0 Å². The average molecular weight is 383 g/mol. The molecule has 0 spiro atoms. The fourth-order valence-corrected chi connectivity index (χ4v) is 4.30. The van der Waals surface area contributed by atoms with Crippen molar-refractivity contribution in [2.24, 2.45) is 0 Å². The summed E-state index contributed by atoms with van der Waals surface area (Å²) in [5, 5.41) is 38.2. The molecule has 1 aromatic carbocycles. The van der Waals surface area contributed by atoms with Crippen LogP contribution in [0, 0.1) is 5.41 Å². The minimum Gasteiger partial charge on any atom is -0.394 e. The molecule has 4 N–H and O–H groups in total. The number of ether oxygens (including phenoxy) is 1. The van der Waals surface area contributed by atoms with Crippen LogP contribution in [0.5, 0.6) is 0 Å². The monoisotopic (exact) mass is 383 g/mol. The smallest absolute Gasteiger partial charge is 0.167 e. The highest BCUT2D eigenvalue weighted by Crippen LogP contribution is 2.34. The molecule has 0 bridgehead atoms. The first-order valence-electron chi connectivity index (χ1n) is 9.28. The van der Waals surface area contributed by atoms with E-state index in [4.69, 9.17) is 10.1 Å². The summed E-state index contributed by atoms with van der Waals surface area (Å²) in [6, 6.07) is 8.27. The second kappa shape index (κ2) is 6.49. The quantitative estimate of drug-likeness (QED) is 0.498. The van der Waals surface area contributed by atoms with Crippen molar-refractivity contribution in [2.75, 3.05) is 6.61 Å². The summed E-state index contributed by atoms with van der Waals surface area (Å²) < 4.78 is 8.89. The summed E-state index contributed by atoms with van der Waals surface area (Å²) in [5.74, 6) is 0. The van der Waals surface area contributed by atoms with Gasteiger partial charge in [-0.1, -0.05) is 24.3 Å². The summed E-state index contributed by atoms with van der Waals surface area (Å²) in [6.07, 6.45) is 0.704. The molecule has 2 aliphatic rings. The summed E-state index contributed by atoms with van der Waals surface area (Å²) >= 11 is 0. The number of fused-ring (bicyclic) bond motifs is 2. The molecule has 3 aromatic rings. The van der Waals surface area contributed by atoms with E-state index in [9.17, 15) is 15.3 Å². The molecule has 0 radical (unpaired) electrons. The molecule has 1 fully saturated rings. The third kappa shape index (κ3) is 2.44. The predicted octanol–water partition coefficient (Wildman–Crippen LogP) is -0.141. The van der Waals surface area contributed by atoms with Gasteiger partial charge in [0.25, 0.3) is 0 Å². The van der Waals surface area contributed by atoms with Crippen LogP contribution in [0.1, 0.15) is 29.8 Å². The van der Waals surface area contributed by atoms with E-state index in [1.54, 1.807) is 6.33 Å². The van der Waals surface area contributed by atoms with Gasteiger partial charge in [-0.05, 0) is 24.0 Å². The number of aromatic nitrogens is 4. The number of benzene rings is 1. The molecule has 9 heteroatoms. The van der Waals surface area contributed by atoms with Gasteiger partial charge in [0.2, 0.25) is 0 Å². The second-order valence-corrected chi connectivity index (χ2v) is 7.31. The van der Waals surface area contributed by atoms with Crippen LogP contribution in [0.25, 0.3) is 11.2 Å². The molecule has 1 aliphatic carbocycles. The molecule has 3 heterocycles. The molecule has 0 saturated carbocycles. The highest BCUT2D eigenvalue weighted by atomic mass is 16.6. The summed E-state index contributed by atoms with van der Waals surface area (Å²) in [5.41, 5.74) is 3.51. The largest absolute Gasteiger partial charge is 0.394 e. The minimum atomic E-state index is -1.22. The van der Waals surface area contributed by atoms with Crippen LogP contribution in [-0.4, -0.2) is 59.3 Å². The van der Waals surface area contributed by atoms with Gasteiger partial charge in [0.1, 0.15) is 23.8 Å². The van der Waals surface area contributed by atoms with Gasteiger partial charge in [0.05, 0.1) is 25.3 Å². The van der Waals surface area contributed by atoms with E-state index < -0.39 is 31.1 Å². The highest BCUT2D eigenvalue weighted by Gasteiger charge is 2.44. The Morgan fingerprint density at radius 2 is 1.89 bits per heavy atom. The number of imidazole rings is 1. The lowest BCUT2D eigenvalue weighted by Crippen LogP contribution is -2.33. The van der Waals surface area contributed by atoms with E-state index in [-0.39, 0.29) is 11.5 Å². The molecule has 1 saturated heterocycles. The molecule has 0 amide bonds. The Morgan fingerprint density at radius 1 is 1.11 bits per heavy atom. The van der Waals surface area contributed by atoms with Gasteiger partial charge < -0.3 is 24.6 Å². The van der Waals surface area contributed by atoms with Crippen molar-refractivity contribution in [1.29, 1.82) is 5.41 Å². The molecule has 28 heavy (non-hydrogen) atoms. The van der Waals surface area contributed by atoms with Crippen LogP contribution in [0.2, 0.25) is 0 Å². The highest BCUT2D eigenvalue weighted by molar-refractivity contribution is 5.68. The molecule has 5 atom stereocenters. The van der Waals surface area contributed by atoms with Gasteiger partial charge in [-0.15, -0.1) is 0 Å². The van der Waals surface area contributed by atoms with Crippen LogP contribution in [-0.2, 0) is 11.2 Å². The maximum atomic E-state index is 10.3. The average Bonchev–Trinajstić information content (AvgIpc) is 3.40. The van der Waals surface area contributed by atoms with E-state index in [0.29, 0.717) is 11.2 Å². The van der Waals surface area contributed by atoms with Crippen molar-refractivity contribution < 1.29 is 20.1 Å². The predicted molar refractivity (Wildman–Crippen MR) is 97.3 cm³/mol. The van der Waals surface area contributed by atoms with E-state index in [1.807, 2.05) is 16.7 Å². The zero-order valence-electron chi connectivity index (χ0n) is 15.0. The Bertz CT molecular complexity index is 1090. The molecule has 1 aliphatic heterocycles. The molecule has 1 unspecified atom stereocenters. The summed E-state index contributed by atoms with van der Waals surface area (Å²) in [4.78, 5) is 8.80. The first-order valence-corrected chi connectivity index (χ1v) is 9.28. The van der Waals surface area contributed by atoms with Gasteiger partial charge in [-0.3, -0.25) is 9.98 Å². The van der Waals surface area contributed by atoms with Crippen molar-refractivity contribution >= 4 is 11.2 Å². The zero-order chi connectivity index (χ0) is 19.4. The van der Waals surface area contributed by atoms with Crippen molar-refractivity contribution in [1.82, 2.24) is 19.1 Å². The minimum absolute atomic E-state index is 0.0414. The first kappa shape index (κ1) is 17.5. The Morgan fingerprint density at radius 3 is 2.68 bits per heavy atom. The number of aliphatic hydroxyl groups is 3.